The summed E-state index contributed by atoms with van der Waals surface area (Å²) in [6.45, 7) is 6.79. The summed E-state index contributed by atoms with van der Waals surface area (Å²) in [5.41, 5.74) is 2.62. The number of hydrogen-bond acceptors (Lipinski definition) is 5. The second-order valence-corrected chi connectivity index (χ2v) is 12.6. The summed E-state index contributed by atoms with van der Waals surface area (Å²) in [7, 11) is -2.30. The quantitative estimate of drug-likeness (QED) is 0.479. The molecule has 8 nitrogen and oxygen atoms in total. The molecule has 0 aliphatic heterocycles. The molecule has 1 amide bonds. The molecule has 0 bridgehead atoms. The van der Waals surface area contributed by atoms with Crippen molar-refractivity contribution in [1.82, 2.24) is 9.55 Å². The zero-order valence-electron chi connectivity index (χ0n) is 21.5. The molecule has 0 atom stereocenters. The van der Waals surface area contributed by atoms with Crippen molar-refractivity contribution in [2.24, 2.45) is 5.92 Å². The van der Waals surface area contributed by atoms with Gasteiger partial charge in [0.05, 0.1) is 21.6 Å². The van der Waals surface area contributed by atoms with E-state index in [-0.39, 0.29) is 10.3 Å². The summed E-state index contributed by atoms with van der Waals surface area (Å²) in [6, 6.07) is 11.5. The summed E-state index contributed by atoms with van der Waals surface area (Å²) in [5.74, 6) is 1.10. The van der Waals surface area contributed by atoms with Gasteiger partial charge in [-0.1, -0.05) is 40.0 Å². The van der Waals surface area contributed by atoms with Gasteiger partial charge >= 0.3 is 0 Å². The van der Waals surface area contributed by atoms with Crippen LogP contribution in [-0.2, 0) is 26.8 Å². The molecule has 2 N–H and O–H groups in total. The van der Waals surface area contributed by atoms with Gasteiger partial charge in [0.25, 0.3) is 10.0 Å². The van der Waals surface area contributed by atoms with Crippen molar-refractivity contribution < 1.29 is 18.3 Å². The van der Waals surface area contributed by atoms with E-state index in [4.69, 9.17) is 10.1 Å². The van der Waals surface area contributed by atoms with Crippen LogP contribution in [0.3, 0.4) is 0 Å². The predicted molar refractivity (Wildman–Crippen MR) is 143 cm³/mol. The first-order valence-electron chi connectivity index (χ1n) is 12.5. The number of nitrogens with one attached hydrogen (secondary N) is 1. The minimum Gasteiger partial charge on any atom is -0.387 e. The molecule has 1 fully saturated rings. The molecule has 0 unspecified atom stereocenters. The molecule has 0 saturated heterocycles. The molecule has 0 radical (unpaired) electrons. The normalized spacial score (nSPS) is 15.2. The summed E-state index contributed by atoms with van der Waals surface area (Å²) in [4.78, 5) is 16.4. The minimum atomic E-state index is -3.83. The van der Waals surface area contributed by atoms with Crippen molar-refractivity contribution in [3.05, 3.63) is 48.3 Å². The number of imidazole rings is 1. The van der Waals surface area contributed by atoms with Crippen molar-refractivity contribution in [3.8, 4) is 0 Å². The third-order valence-electron chi connectivity index (χ3n) is 6.87. The molecule has 9 heteroatoms. The number of aromatic nitrogens is 2. The largest absolute Gasteiger partial charge is 0.387 e. The number of sulfonamides is 1. The van der Waals surface area contributed by atoms with Gasteiger partial charge in [-0.3, -0.25) is 9.10 Å². The van der Waals surface area contributed by atoms with Crippen molar-refractivity contribution in [3.63, 3.8) is 0 Å². The molecule has 36 heavy (non-hydrogen) atoms. The van der Waals surface area contributed by atoms with Gasteiger partial charge in [-0.25, -0.2) is 13.4 Å². The number of hydrogen-bond donors (Lipinski definition) is 2. The highest BCUT2D eigenvalue weighted by atomic mass is 32.2. The zero-order chi connectivity index (χ0) is 26.1. The summed E-state index contributed by atoms with van der Waals surface area (Å²) < 4.78 is 30.2. The molecule has 1 aromatic heterocycles. The zero-order valence-corrected chi connectivity index (χ0v) is 22.3. The van der Waals surface area contributed by atoms with Gasteiger partial charge < -0.3 is 15.0 Å². The van der Waals surface area contributed by atoms with Crippen LogP contribution >= 0.6 is 0 Å². The molecule has 1 saturated carbocycles. The fraction of sp³-hybridized carbons (Fsp3) is 0.481. The van der Waals surface area contributed by atoms with Crippen LogP contribution in [0.2, 0.25) is 0 Å². The Labute approximate surface area is 213 Å². The Morgan fingerprint density at radius 1 is 1.11 bits per heavy atom. The molecule has 1 heterocycles. The van der Waals surface area contributed by atoms with Crippen molar-refractivity contribution in [2.75, 3.05) is 23.3 Å². The molecule has 1 aliphatic rings. The number of carbonyl (C=O) groups is 1. The Hall–Kier alpha value is -2.91. The van der Waals surface area contributed by atoms with E-state index in [1.807, 2.05) is 18.2 Å². The van der Waals surface area contributed by atoms with E-state index in [1.54, 1.807) is 0 Å². The maximum absolute atomic E-state index is 13.3. The lowest BCUT2D eigenvalue weighted by Gasteiger charge is -2.26. The standard InChI is InChI=1S/C27H36N4O4S/c1-27(2,3)26-29-23-16-21(12-15-24(23)31(26)17-19-8-6-5-7-9-19)30(4)36(34,35)22-13-10-20(11-14-22)28-25(33)18-32/h10-16,19,32H,5-9,17-18H2,1-4H3,(H,28,33). The van der Waals surface area contributed by atoms with E-state index in [9.17, 15) is 13.2 Å². The average Bonchev–Trinajstić information content (AvgIpc) is 3.22. The Kier molecular flexibility index (Phi) is 7.43. The van der Waals surface area contributed by atoms with Crippen molar-refractivity contribution >= 4 is 38.3 Å². The molecule has 194 valence electrons. The highest BCUT2D eigenvalue weighted by Crippen LogP contribution is 2.33. The number of aliphatic hydroxyl groups is 1. The molecule has 1 aliphatic carbocycles. The van der Waals surface area contributed by atoms with Crippen LogP contribution in [0.15, 0.2) is 47.4 Å². The Bertz CT molecular complexity index is 1330. The van der Waals surface area contributed by atoms with E-state index >= 15 is 0 Å². The van der Waals surface area contributed by atoms with Crippen LogP contribution in [-0.4, -0.2) is 42.6 Å². The summed E-state index contributed by atoms with van der Waals surface area (Å²) >= 11 is 0. The number of amides is 1. The maximum atomic E-state index is 13.3. The first-order chi connectivity index (χ1) is 17.0. The lowest BCUT2D eigenvalue weighted by molar-refractivity contribution is -0.118. The number of nitrogens with zero attached hydrogens (tertiary/aromatic N) is 3. The van der Waals surface area contributed by atoms with Gasteiger partial charge in [0.2, 0.25) is 5.91 Å². The first-order valence-corrected chi connectivity index (χ1v) is 13.9. The molecule has 4 rings (SSSR count). The van der Waals surface area contributed by atoms with E-state index in [2.05, 4.69) is 30.7 Å². The Morgan fingerprint density at radius 3 is 2.39 bits per heavy atom. The fourth-order valence-corrected chi connectivity index (χ4v) is 6.09. The SMILES string of the molecule is CN(c1ccc2c(c1)nc(C(C)(C)C)n2CC1CCCCC1)S(=O)(=O)c1ccc(NC(=O)CO)cc1. The molecular formula is C27H36N4O4S. The van der Waals surface area contributed by atoms with E-state index in [0.717, 1.165) is 23.4 Å². The highest BCUT2D eigenvalue weighted by molar-refractivity contribution is 7.92. The van der Waals surface area contributed by atoms with Crippen LogP contribution in [0.1, 0.15) is 58.7 Å². The number of carbonyl (C=O) groups excluding carboxylic acids is 1. The predicted octanol–water partition coefficient (Wildman–Crippen LogP) is 4.67. The topological polar surface area (TPSA) is 105 Å². The van der Waals surface area contributed by atoms with Gasteiger partial charge in [0.1, 0.15) is 12.4 Å². The van der Waals surface area contributed by atoms with Crippen LogP contribution in [0.25, 0.3) is 11.0 Å². The van der Waals surface area contributed by atoms with Crippen LogP contribution < -0.4 is 9.62 Å². The number of fused-ring (bicyclic) bond motifs is 1. The number of benzene rings is 2. The second-order valence-electron chi connectivity index (χ2n) is 10.7. The van der Waals surface area contributed by atoms with Crippen LogP contribution in [0, 0.1) is 5.92 Å². The lowest BCUT2D eigenvalue weighted by atomic mass is 9.88. The first kappa shape index (κ1) is 26.2. The van der Waals surface area contributed by atoms with Gasteiger partial charge in [0.15, 0.2) is 0 Å². The third-order valence-corrected chi connectivity index (χ3v) is 8.67. The van der Waals surface area contributed by atoms with E-state index < -0.39 is 22.5 Å². The molecular weight excluding hydrogens is 476 g/mol. The van der Waals surface area contributed by atoms with Gasteiger partial charge in [-0.15, -0.1) is 0 Å². The van der Waals surface area contributed by atoms with Crippen molar-refractivity contribution in [2.45, 2.75) is 69.7 Å². The van der Waals surface area contributed by atoms with E-state index in [0.29, 0.717) is 17.3 Å². The monoisotopic (exact) mass is 512 g/mol. The number of aliphatic hydroxyl groups excluding tert-OH is 1. The second kappa shape index (κ2) is 10.2. The molecule has 0 spiro atoms. The third kappa shape index (κ3) is 5.42. The molecule has 3 aromatic rings. The highest BCUT2D eigenvalue weighted by Gasteiger charge is 2.27. The average molecular weight is 513 g/mol. The smallest absolute Gasteiger partial charge is 0.264 e. The van der Waals surface area contributed by atoms with Crippen molar-refractivity contribution in [1.29, 1.82) is 0 Å². The Morgan fingerprint density at radius 2 is 1.78 bits per heavy atom. The maximum Gasteiger partial charge on any atom is 0.264 e. The molecule has 2 aromatic carbocycles. The van der Waals surface area contributed by atoms with Gasteiger partial charge in [-0.05, 0) is 61.2 Å². The van der Waals surface area contributed by atoms with Crippen LogP contribution in [0.4, 0.5) is 11.4 Å². The number of rotatable bonds is 7. The van der Waals surface area contributed by atoms with Gasteiger partial charge in [-0.2, -0.15) is 0 Å². The van der Waals surface area contributed by atoms with E-state index in [1.165, 1.54) is 67.7 Å². The summed E-state index contributed by atoms with van der Waals surface area (Å²) in [6.07, 6.45) is 6.36. The summed E-state index contributed by atoms with van der Waals surface area (Å²) in [5, 5.41) is 11.4. The number of anilines is 2. The van der Waals surface area contributed by atoms with Crippen LogP contribution in [0.5, 0.6) is 0 Å². The minimum absolute atomic E-state index is 0.102. The lowest BCUT2D eigenvalue weighted by Crippen LogP contribution is -2.26. The Balaban J connectivity index is 1.65. The van der Waals surface area contributed by atoms with Gasteiger partial charge in [0, 0.05) is 24.7 Å². The fourth-order valence-electron chi connectivity index (χ4n) is 4.91.